The molecule has 1 aliphatic carbocycles. The maximum atomic E-state index is 13.3. The third-order valence-electron chi connectivity index (χ3n) is 6.74. The van der Waals surface area contributed by atoms with Gasteiger partial charge < -0.3 is 9.30 Å². The molecule has 0 amide bonds. The van der Waals surface area contributed by atoms with Gasteiger partial charge in [-0.05, 0) is 57.9 Å². The van der Waals surface area contributed by atoms with Gasteiger partial charge in [-0.3, -0.25) is 9.36 Å². The van der Waals surface area contributed by atoms with Crippen LogP contribution >= 0.6 is 35.0 Å². The molecular weight excluding hydrogens is 503 g/mol. The van der Waals surface area contributed by atoms with Gasteiger partial charge >= 0.3 is 0 Å². The van der Waals surface area contributed by atoms with Crippen molar-refractivity contribution in [2.24, 2.45) is 0 Å². The number of benzene rings is 1. The molecule has 4 rings (SSSR count). The lowest BCUT2D eigenvalue weighted by molar-refractivity contribution is 0.102. The molecule has 35 heavy (non-hydrogen) atoms. The summed E-state index contributed by atoms with van der Waals surface area (Å²) in [4.78, 5) is 13.3. The van der Waals surface area contributed by atoms with Crippen molar-refractivity contribution in [1.82, 2.24) is 19.3 Å². The van der Waals surface area contributed by atoms with Crippen LogP contribution in [0.2, 0.25) is 10.0 Å². The van der Waals surface area contributed by atoms with E-state index in [9.17, 15) is 4.79 Å². The van der Waals surface area contributed by atoms with Gasteiger partial charge in [-0.25, -0.2) is 0 Å². The summed E-state index contributed by atoms with van der Waals surface area (Å²) in [5.74, 6) is 1.12. The lowest BCUT2D eigenvalue weighted by Gasteiger charge is -2.25. The molecule has 188 valence electrons. The molecule has 0 radical (unpaired) electrons. The maximum absolute atomic E-state index is 13.3. The summed E-state index contributed by atoms with van der Waals surface area (Å²) >= 11 is 14.1. The first-order valence-corrected chi connectivity index (χ1v) is 13.8. The zero-order chi connectivity index (χ0) is 25.1. The van der Waals surface area contributed by atoms with Crippen LogP contribution in [0.25, 0.3) is 11.4 Å². The Bertz CT molecular complexity index is 1200. The Morgan fingerprint density at radius 3 is 2.60 bits per heavy atom. The van der Waals surface area contributed by atoms with Crippen LogP contribution in [0.15, 0.2) is 29.4 Å². The number of carbonyl (C=O) groups excluding carboxylic acids is 1. The Kier molecular flexibility index (Phi) is 8.63. The SMILES string of the molecule is COC[C@@H](C)n1c(C)cc(C(=O)CSc2nnc(-c3ccc(Cl)cc3Cl)n2C2CCCCC2)c1C. The first-order chi connectivity index (χ1) is 16.8. The van der Waals surface area contributed by atoms with Crippen molar-refractivity contribution in [1.29, 1.82) is 0 Å². The van der Waals surface area contributed by atoms with E-state index in [1.807, 2.05) is 32.0 Å². The summed E-state index contributed by atoms with van der Waals surface area (Å²) in [6.45, 7) is 6.73. The first-order valence-electron chi connectivity index (χ1n) is 12.1. The van der Waals surface area contributed by atoms with Gasteiger partial charge in [0.1, 0.15) is 0 Å². The number of ether oxygens (including phenoxy) is 1. The predicted octanol–water partition coefficient (Wildman–Crippen LogP) is 7.36. The average molecular weight is 536 g/mol. The van der Waals surface area contributed by atoms with E-state index in [0.29, 0.717) is 22.4 Å². The number of aryl methyl sites for hydroxylation is 1. The lowest BCUT2D eigenvalue weighted by Crippen LogP contribution is -2.16. The van der Waals surface area contributed by atoms with Gasteiger partial charge in [0.05, 0.1) is 23.4 Å². The van der Waals surface area contributed by atoms with E-state index < -0.39 is 0 Å². The van der Waals surface area contributed by atoms with Gasteiger partial charge in [0.25, 0.3) is 0 Å². The summed E-state index contributed by atoms with van der Waals surface area (Å²) in [5, 5.41) is 10.9. The van der Waals surface area contributed by atoms with Gasteiger partial charge in [-0.1, -0.05) is 54.2 Å². The zero-order valence-corrected chi connectivity index (χ0v) is 23.0. The molecule has 0 unspecified atom stereocenters. The molecule has 0 N–H and O–H groups in total. The van der Waals surface area contributed by atoms with Gasteiger partial charge in [-0.15, -0.1) is 10.2 Å². The number of thioether (sulfide) groups is 1. The summed E-state index contributed by atoms with van der Waals surface area (Å²) in [5.41, 5.74) is 3.59. The fraction of sp³-hybridized carbons (Fsp3) is 0.500. The highest BCUT2D eigenvalue weighted by Crippen LogP contribution is 2.38. The third-order valence-corrected chi connectivity index (χ3v) is 8.23. The van der Waals surface area contributed by atoms with Crippen LogP contribution < -0.4 is 0 Å². The Balaban J connectivity index is 1.61. The van der Waals surface area contributed by atoms with Gasteiger partial charge in [-0.2, -0.15) is 0 Å². The predicted molar refractivity (Wildman–Crippen MR) is 143 cm³/mol. The van der Waals surface area contributed by atoms with E-state index in [4.69, 9.17) is 27.9 Å². The number of aromatic nitrogens is 4. The van der Waals surface area contributed by atoms with E-state index in [1.54, 1.807) is 13.2 Å². The largest absolute Gasteiger partial charge is 0.383 e. The summed E-state index contributed by atoms with van der Waals surface area (Å²) in [7, 11) is 1.70. The standard InChI is InChI=1S/C26H32Cl2N4O2S/c1-16-12-22(18(3)31(16)17(2)14-34-4)24(33)15-35-26-30-29-25(21-11-10-19(27)13-23(21)28)32(26)20-8-6-5-7-9-20/h10-13,17,20H,5-9,14-15H2,1-4H3/t17-/m1/s1. The van der Waals surface area contributed by atoms with E-state index >= 15 is 0 Å². The molecule has 2 aromatic heterocycles. The normalized spacial score (nSPS) is 15.5. The van der Waals surface area contributed by atoms with Crippen LogP contribution in [-0.2, 0) is 4.74 Å². The maximum Gasteiger partial charge on any atom is 0.192 e. The number of rotatable bonds is 9. The van der Waals surface area contributed by atoms with Crippen LogP contribution in [0.1, 0.15) is 72.9 Å². The fourth-order valence-electron chi connectivity index (χ4n) is 5.16. The number of hydrogen-bond acceptors (Lipinski definition) is 5. The molecule has 0 spiro atoms. The molecule has 0 saturated heterocycles. The van der Waals surface area contributed by atoms with Crippen LogP contribution in [-0.4, -0.2) is 44.6 Å². The fourth-order valence-corrected chi connectivity index (χ4v) is 6.54. The molecule has 6 nitrogen and oxygen atoms in total. The second kappa shape index (κ2) is 11.5. The van der Waals surface area contributed by atoms with Crippen molar-refractivity contribution in [2.45, 2.75) is 70.1 Å². The topological polar surface area (TPSA) is 61.9 Å². The third kappa shape index (κ3) is 5.63. The molecule has 1 aromatic carbocycles. The molecule has 0 aliphatic heterocycles. The van der Waals surface area contributed by atoms with E-state index in [2.05, 4.69) is 26.3 Å². The number of Topliss-reactive ketones (excluding diaryl/α,β-unsaturated/α-hetero) is 1. The lowest BCUT2D eigenvalue weighted by atomic mass is 9.95. The second-order valence-electron chi connectivity index (χ2n) is 9.26. The number of carbonyl (C=O) groups is 1. The highest BCUT2D eigenvalue weighted by Gasteiger charge is 2.26. The summed E-state index contributed by atoms with van der Waals surface area (Å²) in [6, 6.07) is 7.88. The monoisotopic (exact) mass is 534 g/mol. The van der Waals surface area contributed by atoms with E-state index in [-0.39, 0.29) is 17.9 Å². The minimum atomic E-state index is 0.0863. The van der Waals surface area contributed by atoms with Crippen LogP contribution in [0.5, 0.6) is 0 Å². The molecule has 3 aromatic rings. The summed E-state index contributed by atoms with van der Waals surface area (Å²) < 4.78 is 9.69. The van der Waals surface area contributed by atoms with Crippen molar-refractivity contribution in [2.75, 3.05) is 19.5 Å². The van der Waals surface area contributed by atoms with Gasteiger partial charge in [0.15, 0.2) is 16.8 Å². The number of methoxy groups -OCH3 is 1. The van der Waals surface area contributed by atoms with Crippen molar-refractivity contribution in [3.63, 3.8) is 0 Å². The Morgan fingerprint density at radius 2 is 1.91 bits per heavy atom. The van der Waals surface area contributed by atoms with Crippen LogP contribution in [0.4, 0.5) is 0 Å². The zero-order valence-electron chi connectivity index (χ0n) is 20.7. The van der Waals surface area contributed by atoms with Gasteiger partial charge in [0.2, 0.25) is 0 Å². The second-order valence-corrected chi connectivity index (χ2v) is 11.0. The van der Waals surface area contributed by atoms with E-state index in [0.717, 1.165) is 46.3 Å². The molecule has 1 aliphatic rings. The van der Waals surface area contributed by atoms with Crippen molar-refractivity contribution < 1.29 is 9.53 Å². The van der Waals surface area contributed by atoms with Crippen molar-refractivity contribution >= 4 is 40.7 Å². The van der Waals surface area contributed by atoms with Crippen molar-refractivity contribution in [3.8, 4) is 11.4 Å². The van der Waals surface area contributed by atoms with E-state index in [1.165, 1.54) is 31.0 Å². The molecule has 1 atom stereocenters. The van der Waals surface area contributed by atoms with Crippen LogP contribution in [0, 0.1) is 13.8 Å². The Hall–Kier alpha value is -1.80. The minimum absolute atomic E-state index is 0.0863. The first kappa shape index (κ1) is 26.3. The molecule has 1 saturated carbocycles. The number of ketones is 1. The van der Waals surface area contributed by atoms with Crippen molar-refractivity contribution in [3.05, 3.63) is 51.3 Å². The van der Waals surface area contributed by atoms with Gasteiger partial charge in [0, 0.05) is 40.7 Å². The van der Waals surface area contributed by atoms with Crippen LogP contribution in [0.3, 0.4) is 0 Å². The number of halogens is 2. The quantitative estimate of drug-likeness (QED) is 0.212. The molecular formula is C26H32Cl2N4O2S. The molecule has 0 bridgehead atoms. The highest BCUT2D eigenvalue weighted by molar-refractivity contribution is 7.99. The minimum Gasteiger partial charge on any atom is -0.383 e. The Morgan fingerprint density at radius 1 is 1.17 bits per heavy atom. The smallest absolute Gasteiger partial charge is 0.192 e. The molecule has 2 heterocycles. The highest BCUT2D eigenvalue weighted by atomic mass is 35.5. The Labute approximate surface area is 221 Å². The molecule has 1 fully saturated rings. The molecule has 9 heteroatoms. The summed E-state index contributed by atoms with van der Waals surface area (Å²) in [6.07, 6.45) is 5.72. The number of hydrogen-bond donors (Lipinski definition) is 0. The number of nitrogens with zero attached hydrogens (tertiary/aromatic N) is 4. The average Bonchev–Trinajstić information content (AvgIpc) is 3.38.